The van der Waals surface area contributed by atoms with E-state index in [0.29, 0.717) is 0 Å². The lowest BCUT2D eigenvalue weighted by Crippen LogP contribution is -2.34. The second-order valence-corrected chi connectivity index (χ2v) is 6.32. The van der Waals surface area contributed by atoms with Gasteiger partial charge in [0.2, 0.25) is 11.2 Å². The maximum absolute atomic E-state index is 3.53. The number of aromatic nitrogens is 1. The first kappa shape index (κ1) is 12.8. The van der Waals surface area contributed by atoms with Crippen LogP contribution in [0.15, 0.2) is 63.5 Å². The van der Waals surface area contributed by atoms with Crippen LogP contribution in [0.4, 0.5) is 0 Å². The Morgan fingerprint density at radius 3 is 2.21 bits per heavy atom. The summed E-state index contributed by atoms with van der Waals surface area (Å²) in [6.45, 7) is 2.13. The quantitative estimate of drug-likeness (QED) is 0.528. The van der Waals surface area contributed by atoms with E-state index in [0.717, 1.165) is 8.95 Å². The van der Waals surface area contributed by atoms with Crippen LogP contribution in [-0.4, -0.2) is 0 Å². The lowest BCUT2D eigenvalue weighted by atomic mass is 10.1. The number of halogens is 2. The summed E-state index contributed by atoms with van der Waals surface area (Å²) < 4.78 is 4.47. The number of hydrogen-bond donors (Lipinski definition) is 0. The molecule has 0 aliphatic rings. The molecule has 19 heavy (non-hydrogen) atoms. The highest BCUT2D eigenvalue weighted by Gasteiger charge is 2.15. The first-order valence-electron chi connectivity index (χ1n) is 6.02. The van der Waals surface area contributed by atoms with E-state index in [1.165, 1.54) is 22.3 Å². The Kier molecular flexibility index (Phi) is 3.42. The van der Waals surface area contributed by atoms with Gasteiger partial charge in [-0.15, -0.1) is 0 Å². The summed E-state index contributed by atoms with van der Waals surface area (Å²) in [6, 6.07) is 19.1. The van der Waals surface area contributed by atoms with E-state index in [4.69, 9.17) is 0 Å². The minimum atomic E-state index is 1.09. The summed E-state index contributed by atoms with van der Waals surface area (Å²) in [4.78, 5) is 0. The van der Waals surface area contributed by atoms with Crippen LogP contribution < -0.4 is 4.57 Å². The van der Waals surface area contributed by atoms with Crippen LogP contribution in [0, 0.1) is 6.92 Å². The first-order chi connectivity index (χ1) is 9.15. The fourth-order valence-electron chi connectivity index (χ4n) is 2.27. The summed E-state index contributed by atoms with van der Waals surface area (Å²) in [7, 11) is 0. The molecule has 3 aromatic rings. The molecule has 0 fully saturated rings. The van der Waals surface area contributed by atoms with Gasteiger partial charge < -0.3 is 0 Å². The Morgan fingerprint density at radius 2 is 1.47 bits per heavy atom. The van der Waals surface area contributed by atoms with Gasteiger partial charge in [0.25, 0.3) is 0 Å². The standard InChI is InChI=1S/C16H12Br2N/c1-11-2-3-12-10-14(18)6-9-16(12)19(11)15-7-4-13(17)5-8-15/h2-10H,1H3/q+1. The molecule has 2 aromatic carbocycles. The zero-order valence-corrected chi connectivity index (χ0v) is 13.6. The van der Waals surface area contributed by atoms with Crippen molar-refractivity contribution in [3.05, 3.63) is 69.2 Å². The molecule has 0 aliphatic heterocycles. The van der Waals surface area contributed by atoms with Crippen LogP contribution in [0.25, 0.3) is 16.6 Å². The molecule has 3 rings (SSSR count). The maximum Gasteiger partial charge on any atom is 0.218 e. The van der Waals surface area contributed by atoms with E-state index in [1.807, 2.05) is 0 Å². The lowest BCUT2D eigenvalue weighted by Gasteiger charge is -2.04. The summed E-state index contributed by atoms with van der Waals surface area (Å²) in [6.07, 6.45) is 0. The molecule has 0 aliphatic carbocycles. The van der Waals surface area contributed by atoms with Gasteiger partial charge in [-0.25, -0.2) is 0 Å². The van der Waals surface area contributed by atoms with Crippen LogP contribution in [0.2, 0.25) is 0 Å². The second-order valence-electron chi connectivity index (χ2n) is 4.49. The van der Waals surface area contributed by atoms with Crippen LogP contribution >= 0.6 is 31.9 Å². The van der Waals surface area contributed by atoms with Crippen molar-refractivity contribution in [1.29, 1.82) is 0 Å². The summed E-state index contributed by atoms with van der Waals surface area (Å²) in [5.41, 5.74) is 3.61. The second kappa shape index (κ2) is 5.06. The third kappa shape index (κ3) is 2.45. The number of fused-ring (bicyclic) bond motifs is 1. The van der Waals surface area contributed by atoms with E-state index in [9.17, 15) is 0 Å². The molecule has 1 heterocycles. The number of hydrogen-bond acceptors (Lipinski definition) is 0. The van der Waals surface area contributed by atoms with Gasteiger partial charge in [0, 0.05) is 45.5 Å². The Hall–Kier alpha value is -1.19. The number of aryl methyl sites for hydroxylation is 1. The highest BCUT2D eigenvalue weighted by molar-refractivity contribution is 9.10. The first-order valence-corrected chi connectivity index (χ1v) is 7.60. The number of rotatable bonds is 1. The topological polar surface area (TPSA) is 3.88 Å². The van der Waals surface area contributed by atoms with Gasteiger partial charge in [0.15, 0.2) is 5.69 Å². The van der Waals surface area contributed by atoms with Crippen molar-refractivity contribution in [3.63, 3.8) is 0 Å². The largest absolute Gasteiger partial charge is 0.218 e. The molecular formula is C16H12Br2N+. The molecule has 0 amide bonds. The Balaban J connectivity index is 2.32. The van der Waals surface area contributed by atoms with Gasteiger partial charge >= 0.3 is 0 Å². The summed E-state index contributed by atoms with van der Waals surface area (Å²) in [5, 5.41) is 1.22. The van der Waals surface area contributed by atoms with Crippen LogP contribution in [-0.2, 0) is 0 Å². The average molecular weight is 378 g/mol. The monoisotopic (exact) mass is 376 g/mol. The third-order valence-electron chi connectivity index (χ3n) is 3.17. The number of benzene rings is 2. The third-order valence-corrected chi connectivity index (χ3v) is 4.19. The van der Waals surface area contributed by atoms with Crippen LogP contribution in [0.1, 0.15) is 5.69 Å². The van der Waals surface area contributed by atoms with Crippen LogP contribution in [0.5, 0.6) is 0 Å². The van der Waals surface area contributed by atoms with Gasteiger partial charge in [0.05, 0.1) is 0 Å². The van der Waals surface area contributed by atoms with Crippen molar-refractivity contribution in [2.75, 3.05) is 0 Å². The maximum atomic E-state index is 3.53. The predicted molar refractivity (Wildman–Crippen MR) is 85.6 cm³/mol. The van der Waals surface area contributed by atoms with E-state index in [1.54, 1.807) is 0 Å². The molecule has 0 N–H and O–H groups in total. The van der Waals surface area contributed by atoms with Crippen molar-refractivity contribution in [2.45, 2.75) is 6.92 Å². The highest BCUT2D eigenvalue weighted by Crippen LogP contribution is 2.19. The van der Waals surface area contributed by atoms with Crippen molar-refractivity contribution in [1.82, 2.24) is 0 Å². The highest BCUT2D eigenvalue weighted by atomic mass is 79.9. The van der Waals surface area contributed by atoms with E-state index >= 15 is 0 Å². The van der Waals surface area contributed by atoms with Crippen LogP contribution in [0.3, 0.4) is 0 Å². The van der Waals surface area contributed by atoms with Crippen molar-refractivity contribution in [2.24, 2.45) is 0 Å². The zero-order chi connectivity index (χ0) is 13.4. The van der Waals surface area contributed by atoms with Gasteiger partial charge in [-0.3, -0.25) is 0 Å². The molecule has 1 aromatic heterocycles. The average Bonchev–Trinajstić information content (AvgIpc) is 2.40. The zero-order valence-electron chi connectivity index (χ0n) is 10.4. The lowest BCUT2D eigenvalue weighted by molar-refractivity contribution is -0.574. The van der Waals surface area contributed by atoms with Gasteiger partial charge in [-0.2, -0.15) is 4.57 Å². The normalized spacial score (nSPS) is 10.9. The molecule has 0 bridgehead atoms. The molecule has 0 saturated carbocycles. The molecule has 94 valence electrons. The van der Waals surface area contributed by atoms with Gasteiger partial charge in [0.1, 0.15) is 0 Å². The molecule has 0 radical (unpaired) electrons. The summed E-state index contributed by atoms with van der Waals surface area (Å²) >= 11 is 7.01. The Labute approximate surface area is 129 Å². The molecule has 1 nitrogen and oxygen atoms in total. The molecule has 3 heteroatoms. The van der Waals surface area contributed by atoms with E-state index in [2.05, 4.69) is 97.9 Å². The minimum Gasteiger partial charge on any atom is -0.158 e. The van der Waals surface area contributed by atoms with Gasteiger partial charge in [-0.1, -0.05) is 31.9 Å². The fraction of sp³-hybridized carbons (Fsp3) is 0.0625. The molecule has 0 spiro atoms. The Morgan fingerprint density at radius 1 is 0.789 bits per heavy atom. The number of nitrogens with zero attached hydrogens (tertiary/aromatic N) is 1. The smallest absolute Gasteiger partial charge is 0.158 e. The predicted octanol–water partition coefficient (Wildman–Crippen LogP) is 4.95. The Bertz CT molecular complexity index is 749. The fourth-order valence-corrected chi connectivity index (χ4v) is 2.91. The van der Waals surface area contributed by atoms with E-state index in [-0.39, 0.29) is 0 Å². The molecular weight excluding hydrogens is 366 g/mol. The summed E-state index contributed by atoms with van der Waals surface area (Å²) in [5.74, 6) is 0. The van der Waals surface area contributed by atoms with Gasteiger partial charge in [-0.05, 0) is 30.3 Å². The molecule has 0 atom stereocenters. The van der Waals surface area contributed by atoms with Crippen molar-refractivity contribution < 1.29 is 4.57 Å². The molecule has 0 saturated heterocycles. The number of pyridine rings is 1. The van der Waals surface area contributed by atoms with E-state index < -0.39 is 0 Å². The molecule has 0 unspecified atom stereocenters. The minimum absolute atomic E-state index is 1.09. The van der Waals surface area contributed by atoms with Crippen molar-refractivity contribution in [3.8, 4) is 5.69 Å². The van der Waals surface area contributed by atoms with Crippen molar-refractivity contribution >= 4 is 42.8 Å². The SMILES string of the molecule is Cc1ccc2cc(Br)ccc2[n+]1-c1ccc(Br)cc1.